The highest BCUT2D eigenvalue weighted by molar-refractivity contribution is 5.62. The van der Waals surface area contributed by atoms with Gasteiger partial charge in [0.15, 0.2) is 0 Å². The molecule has 9 nitrogen and oxygen atoms in total. The van der Waals surface area contributed by atoms with E-state index in [4.69, 9.17) is 0 Å². The lowest BCUT2D eigenvalue weighted by Crippen LogP contribution is -2.23. The molecule has 30 heavy (non-hydrogen) atoms. The highest BCUT2D eigenvalue weighted by Crippen LogP contribution is 2.28. The average Bonchev–Trinajstić information content (AvgIpc) is 2.84. The molecule has 0 aliphatic rings. The van der Waals surface area contributed by atoms with Crippen LogP contribution in [0.4, 0.5) is 34.9 Å². The van der Waals surface area contributed by atoms with Crippen LogP contribution in [-0.4, -0.2) is 30.6 Å². The zero-order valence-electron chi connectivity index (χ0n) is 15.7. The first-order chi connectivity index (χ1) is 14.6. The Morgan fingerprint density at radius 3 is 0.867 bits per heavy atom. The van der Waals surface area contributed by atoms with Crippen molar-refractivity contribution in [3.8, 4) is 0 Å². The van der Waals surface area contributed by atoms with Crippen molar-refractivity contribution < 1.29 is 15.6 Å². The minimum Gasteiger partial charge on any atom is -0.281 e. The molecule has 0 fully saturated rings. The second-order valence-electron chi connectivity index (χ2n) is 6.18. The molecule has 3 N–H and O–H groups in total. The molecule has 9 heteroatoms. The molecular weight excluding hydrogens is 384 g/mol. The molecule has 0 atom stereocenters. The lowest BCUT2D eigenvalue weighted by atomic mass is 10.3. The summed E-state index contributed by atoms with van der Waals surface area (Å²) in [5.74, 6) is -0.566. The van der Waals surface area contributed by atoms with E-state index in [1.807, 2.05) is 0 Å². The van der Waals surface area contributed by atoms with E-state index in [1.54, 1.807) is 91.0 Å². The molecule has 0 bridgehead atoms. The summed E-state index contributed by atoms with van der Waals surface area (Å²) in [7, 11) is 0. The first-order valence-electron chi connectivity index (χ1n) is 9.02. The number of aromatic nitrogens is 3. The Balaban J connectivity index is 1.79. The van der Waals surface area contributed by atoms with Crippen LogP contribution in [0.25, 0.3) is 0 Å². The maximum atomic E-state index is 10.6. The number of hydrogen-bond donors (Lipinski definition) is 3. The van der Waals surface area contributed by atoms with Crippen LogP contribution >= 0.6 is 0 Å². The monoisotopic (exact) mass is 402 g/mol. The summed E-state index contributed by atoms with van der Waals surface area (Å²) in [4.78, 5) is 12.5. The molecule has 3 aromatic carbocycles. The minimum absolute atomic E-state index is 0.189. The Bertz CT molecular complexity index is 946. The van der Waals surface area contributed by atoms with Crippen molar-refractivity contribution >= 4 is 34.9 Å². The van der Waals surface area contributed by atoms with Crippen LogP contribution < -0.4 is 15.2 Å². The van der Waals surface area contributed by atoms with Crippen LogP contribution in [0.1, 0.15) is 0 Å². The van der Waals surface area contributed by atoms with E-state index in [9.17, 15) is 15.6 Å². The molecule has 0 aliphatic carbocycles. The van der Waals surface area contributed by atoms with Crippen LogP contribution in [-0.2, 0) is 0 Å². The van der Waals surface area contributed by atoms with Gasteiger partial charge in [0.2, 0.25) is 0 Å². The third-order valence-electron chi connectivity index (χ3n) is 4.17. The van der Waals surface area contributed by atoms with Gasteiger partial charge in [-0.05, 0) is 36.4 Å². The van der Waals surface area contributed by atoms with Crippen LogP contribution in [0.15, 0.2) is 91.0 Å². The van der Waals surface area contributed by atoms with Crippen molar-refractivity contribution in [2.24, 2.45) is 0 Å². The van der Waals surface area contributed by atoms with E-state index < -0.39 is 0 Å². The fourth-order valence-corrected chi connectivity index (χ4v) is 2.68. The summed E-state index contributed by atoms with van der Waals surface area (Å²) in [5.41, 5.74) is 1.19. The van der Waals surface area contributed by atoms with Gasteiger partial charge in [-0.15, -0.1) is 0 Å². The van der Waals surface area contributed by atoms with Crippen LogP contribution in [0, 0.1) is 0 Å². The summed E-state index contributed by atoms with van der Waals surface area (Å²) in [6.07, 6.45) is 0. The van der Waals surface area contributed by atoms with E-state index >= 15 is 0 Å². The molecule has 4 aromatic rings. The molecule has 0 saturated carbocycles. The van der Waals surface area contributed by atoms with Gasteiger partial charge in [0, 0.05) is 0 Å². The average molecular weight is 402 g/mol. The van der Waals surface area contributed by atoms with Crippen LogP contribution in [0.5, 0.6) is 0 Å². The largest absolute Gasteiger partial charge is 0.281 e. The van der Waals surface area contributed by atoms with Gasteiger partial charge in [-0.1, -0.05) is 54.6 Å². The molecule has 0 unspecified atom stereocenters. The van der Waals surface area contributed by atoms with Gasteiger partial charge in [-0.2, -0.15) is 30.1 Å². The molecule has 150 valence electrons. The first-order valence-corrected chi connectivity index (χ1v) is 9.02. The third kappa shape index (κ3) is 4.03. The van der Waals surface area contributed by atoms with Crippen molar-refractivity contribution in [3.63, 3.8) is 0 Å². The molecule has 4 rings (SSSR count). The van der Waals surface area contributed by atoms with Crippen molar-refractivity contribution in [2.75, 3.05) is 15.2 Å². The number of hydrogen-bond acceptors (Lipinski definition) is 9. The number of rotatable bonds is 6. The summed E-state index contributed by atoms with van der Waals surface area (Å²) < 4.78 is 0. The van der Waals surface area contributed by atoms with E-state index in [1.165, 1.54) is 0 Å². The Hall–Kier alpha value is -4.05. The van der Waals surface area contributed by atoms with Gasteiger partial charge >= 0.3 is 0 Å². The lowest BCUT2D eigenvalue weighted by molar-refractivity contribution is 0.277. The van der Waals surface area contributed by atoms with Crippen LogP contribution in [0.2, 0.25) is 0 Å². The van der Waals surface area contributed by atoms with E-state index in [2.05, 4.69) is 15.0 Å². The molecule has 0 spiro atoms. The summed E-state index contributed by atoms with van der Waals surface area (Å²) >= 11 is 0. The second kappa shape index (κ2) is 8.53. The fraction of sp³-hybridized carbons (Fsp3) is 0. The SMILES string of the molecule is ON(c1ccccc1)c1nc(N(O)c2ccccc2)nc(N(O)c2ccccc2)n1. The van der Waals surface area contributed by atoms with Crippen molar-refractivity contribution in [1.29, 1.82) is 0 Å². The Kier molecular flexibility index (Phi) is 5.48. The predicted octanol–water partition coefficient (Wildman–Crippen LogP) is 4.45. The highest BCUT2D eigenvalue weighted by atomic mass is 16.5. The molecule has 0 aliphatic heterocycles. The summed E-state index contributed by atoms with van der Waals surface area (Å²) in [5, 5.41) is 34.1. The van der Waals surface area contributed by atoms with Gasteiger partial charge in [-0.3, -0.25) is 15.6 Å². The van der Waals surface area contributed by atoms with E-state index in [-0.39, 0.29) is 17.8 Å². The lowest BCUT2D eigenvalue weighted by Gasteiger charge is -2.21. The number of para-hydroxylation sites is 3. The fourth-order valence-electron chi connectivity index (χ4n) is 2.68. The standard InChI is InChI=1S/C21H18N6O3/c28-25(16-10-4-1-5-11-16)19-22-20(26(29)17-12-6-2-7-13-17)24-21(23-19)27(30)18-14-8-3-9-15-18/h1-15,28-30H. The van der Waals surface area contributed by atoms with Crippen LogP contribution in [0.3, 0.4) is 0 Å². The van der Waals surface area contributed by atoms with Gasteiger partial charge in [0.1, 0.15) is 0 Å². The summed E-state index contributed by atoms with van der Waals surface area (Å²) in [6, 6.07) is 25.8. The van der Waals surface area contributed by atoms with Gasteiger partial charge in [-0.25, -0.2) is 0 Å². The third-order valence-corrected chi connectivity index (χ3v) is 4.17. The normalized spacial score (nSPS) is 10.5. The number of benzene rings is 3. The van der Waals surface area contributed by atoms with Crippen molar-refractivity contribution in [3.05, 3.63) is 91.0 Å². The highest BCUT2D eigenvalue weighted by Gasteiger charge is 2.21. The Morgan fingerprint density at radius 2 is 0.633 bits per heavy atom. The van der Waals surface area contributed by atoms with E-state index in [0.717, 1.165) is 15.2 Å². The maximum absolute atomic E-state index is 10.6. The Labute approximate surface area is 172 Å². The smallest absolute Gasteiger partial charge is 0.261 e. The zero-order chi connectivity index (χ0) is 20.9. The minimum atomic E-state index is -0.189. The number of nitrogens with zero attached hydrogens (tertiary/aromatic N) is 6. The second-order valence-corrected chi connectivity index (χ2v) is 6.18. The summed E-state index contributed by atoms with van der Waals surface area (Å²) in [6.45, 7) is 0. The molecular formula is C21H18N6O3. The van der Waals surface area contributed by atoms with Crippen molar-refractivity contribution in [1.82, 2.24) is 15.0 Å². The topological polar surface area (TPSA) is 109 Å². The number of anilines is 6. The molecule has 1 aromatic heterocycles. The quantitative estimate of drug-likeness (QED) is 0.403. The Morgan fingerprint density at radius 1 is 0.400 bits per heavy atom. The molecule has 1 heterocycles. The van der Waals surface area contributed by atoms with Gasteiger partial charge in [0.05, 0.1) is 17.1 Å². The maximum Gasteiger partial charge on any atom is 0.261 e. The van der Waals surface area contributed by atoms with E-state index in [0.29, 0.717) is 17.1 Å². The zero-order valence-corrected chi connectivity index (χ0v) is 15.7. The molecule has 0 saturated heterocycles. The first kappa shape index (κ1) is 19.3. The van der Waals surface area contributed by atoms with Crippen molar-refractivity contribution in [2.45, 2.75) is 0 Å². The predicted molar refractivity (Wildman–Crippen MR) is 111 cm³/mol. The van der Waals surface area contributed by atoms with Gasteiger partial charge < -0.3 is 0 Å². The molecule has 0 amide bonds. The van der Waals surface area contributed by atoms with Gasteiger partial charge in [0.25, 0.3) is 17.8 Å². The molecule has 0 radical (unpaired) electrons.